The Labute approximate surface area is 111 Å². The van der Waals surface area contributed by atoms with Crippen LogP contribution in [0.5, 0.6) is 0 Å². The third kappa shape index (κ3) is 3.25. The number of likely N-dealkylation sites (tertiary alicyclic amines) is 1. The predicted octanol–water partition coefficient (Wildman–Crippen LogP) is 2.02. The van der Waals surface area contributed by atoms with Gasteiger partial charge in [0, 0.05) is 19.1 Å². The summed E-state index contributed by atoms with van der Waals surface area (Å²) in [5, 5.41) is 3.43. The van der Waals surface area contributed by atoms with Gasteiger partial charge in [0.25, 0.3) is 0 Å². The molecule has 0 spiro atoms. The zero-order valence-electron chi connectivity index (χ0n) is 11.6. The van der Waals surface area contributed by atoms with Gasteiger partial charge in [-0.1, -0.05) is 6.42 Å². The van der Waals surface area contributed by atoms with Crippen LogP contribution in [-0.2, 0) is 4.74 Å². The van der Waals surface area contributed by atoms with Gasteiger partial charge in [-0.05, 0) is 57.5 Å². The molecule has 3 aliphatic rings. The molecular formula is C15H28N2O. The Kier molecular flexibility index (Phi) is 4.55. The van der Waals surface area contributed by atoms with Crippen LogP contribution < -0.4 is 5.32 Å². The highest BCUT2D eigenvalue weighted by molar-refractivity contribution is 4.84. The zero-order valence-corrected chi connectivity index (χ0v) is 11.6. The highest BCUT2D eigenvalue weighted by Gasteiger charge is 2.28. The van der Waals surface area contributed by atoms with Crippen molar-refractivity contribution >= 4 is 0 Å². The maximum Gasteiger partial charge on any atom is 0.0700 e. The molecule has 1 aliphatic carbocycles. The molecule has 0 radical (unpaired) electrons. The monoisotopic (exact) mass is 252 g/mol. The summed E-state index contributed by atoms with van der Waals surface area (Å²) in [5.41, 5.74) is 0. The number of nitrogens with one attached hydrogen (secondary N) is 1. The van der Waals surface area contributed by atoms with Gasteiger partial charge in [0.1, 0.15) is 0 Å². The number of nitrogens with zero attached hydrogens (tertiary/aromatic N) is 1. The van der Waals surface area contributed by atoms with Crippen molar-refractivity contribution in [1.82, 2.24) is 10.2 Å². The topological polar surface area (TPSA) is 24.5 Å². The van der Waals surface area contributed by atoms with Gasteiger partial charge in [0.2, 0.25) is 0 Å². The van der Waals surface area contributed by atoms with Crippen molar-refractivity contribution < 1.29 is 4.74 Å². The van der Waals surface area contributed by atoms with E-state index in [4.69, 9.17) is 4.74 Å². The molecule has 2 saturated heterocycles. The minimum Gasteiger partial charge on any atom is -0.376 e. The summed E-state index contributed by atoms with van der Waals surface area (Å²) in [6.07, 6.45) is 10.4. The van der Waals surface area contributed by atoms with Crippen LogP contribution in [0.15, 0.2) is 0 Å². The molecule has 18 heavy (non-hydrogen) atoms. The van der Waals surface area contributed by atoms with E-state index in [0.29, 0.717) is 6.10 Å². The average molecular weight is 252 g/mol. The summed E-state index contributed by atoms with van der Waals surface area (Å²) in [6.45, 7) is 5.74. The second-order valence-electron chi connectivity index (χ2n) is 6.34. The van der Waals surface area contributed by atoms with Gasteiger partial charge < -0.3 is 15.0 Å². The second-order valence-corrected chi connectivity index (χ2v) is 6.34. The number of morpholine rings is 1. The molecule has 1 N–H and O–H groups in total. The molecule has 0 aromatic heterocycles. The lowest BCUT2D eigenvalue weighted by molar-refractivity contribution is 0.0155. The summed E-state index contributed by atoms with van der Waals surface area (Å²) in [6, 6.07) is 0.955. The van der Waals surface area contributed by atoms with Crippen LogP contribution in [0.3, 0.4) is 0 Å². The second kappa shape index (κ2) is 6.36. The third-order valence-corrected chi connectivity index (χ3v) is 5.14. The molecule has 3 rings (SSSR count). The molecule has 2 aliphatic heterocycles. The first kappa shape index (κ1) is 12.9. The lowest BCUT2D eigenvalue weighted by Gasteiger charge is -2.42. The van der Waals surface area contributed by atoms with Crippen LogP contribution in [0.4, 0.5) is 0 Å². The third-order valence-electron chi connectivity index (χ3n) is 5.14. The first-order chi connectivity index (χ1) is 8.92. The largest absolute Gasteiger partial charge is 0.376 e. The molecule has 0 bridgehead atoms. The predicted molar refractivity (Wildman–Crippen MR) is 73.8 cm³/mol. The maximum absolute atomic E-state index is 5.78. The van der Waals surface area contributed by atoms with Crippen LogP contribution in [0.2, 0.25) is 0 Å². The van der Waals surface area contributed by atoms with E-state index in [1.54, 1.807) is 0 Å². The Hall–Kier alpha value is -0.120. The molecule has 1 saturated carbocycles. The quantitative estimate of drug-likeness (QED) is 0.828. The molecule has 0 aromatic rings. The molecule has 1 unspecified atom stereocenters. The minimum absolute atomic E-state index is 0.489. The molecule has 3 nitrogen and oxygen atoms in total. The van der Waals surface area contributed by atoms with Crippen molar-refractivity contribution in [1.29, 1.82) is 0 Å². The molecule has 1 atom stereocenters. The molecule has 2 heterocycles. The summed E-state index contributed by atoms with van der Waals surface area (Å²) in [7, 11) is 0. The molecule has 3 fully saturated rings. The SMILES string of the molecule is C1CC(N2CCC(CCC3CNCCO3)CC2)C1. The van der Waals surface area contributed by atoms with Crippen LogP contribution in [0.25, 0.3) is 0 Å². The van der Waals surface area contributed by atoms with Gasteiger partial charge in [-0.15, -0.1) is 0 Å². The normalized spacial score (nSPS) is 32.3. The summed E-state index contributed by atoms with van der Waals surface area (Å²) in [4.78, 5) is 2.75. The Balaban J connectivity index is 1.32. The number of piperidine rings is 1. The fourth-order valence-corrected chi connectivity index (χ4v) is 3.59. The highest BCUT2D eigenvalue weighted by Crippen LogP contribution is 2.30. The van der Waals surface area contributed by atoms with Crippen molar-refractivity contribution in [2.24, 2.45) is 5.92 Å². The van der Waals surface area contributed by atoms with Crippen molar-refractivity contribution in [3.8, 4) is 0 Å². The van der Waals surface area contributed by atoms with Crippen molar-refractivity contribution in [3.63, 3.8) is 0 Å². The van der Waals surface area contributed by atoms with E-state index in [2.05, 4.69) is 10.2 Å². The number of hydrogen-bond acceptors (Lipinski definition) is 3. The fourth-order valence-electron chi connectivity index (χ4n) is 3.59. The molecule has 0 amide bonds. The lowest BCUT2D eigenvalue weighted by Crippen LogP contribution is -2.45. The minimum atomic E-state index is 0.489. The van der Waals surface area contributed by atoms with E-state index in [9.17, 15) is 0 Å². The number of hydrogen-bond donors (Lipinski definition) is 1. The zero-order chi connectivity index (χ0) is 12.2. The van der Waals surface area contributed by atoms with Crippen LogP contribution in [0, 0.1) is 5.92 Å². The smallest absolute Gasteiger partial charge is 0.0700 e. The highest BCUT2D eigenvalue weighted by atomic mass is 16.5. The molecule has 0 aromatic carbocycles. The molecule has 104 valence electrons. The summed E-state index contributed by atoms with van der Waals surface area (Å²) in [5.74, 6) is 0.965. The van der Waals surface area contributed by atoms with E-state index >= 15 is 0 Å². The van der Waals surface area contributed by atoms with Gasteiger partial charge in [-0.2, -0.15) is 0 Å². The molecular weight excluding hydrogens is 224 g/mol. The Morgan fingerprint density at radius 1 is 1.06 bits per heavy atom. The Bertz CT molecular complexity index is 241. The standard InChI is InChI=1S/C15H28N2O/c1-2-14(3-1)17-9-6-13(7-10-17)4-5-15-12-16-8-11-18-15/h13-16H,1-12H2. The van der Waals surface area contributed by atoms with E-state index in [-0.39, 0.29) is 0 Å². The Morgan fingerprint density at radius 2 is 1.89 bits per heavy atom. The van der Waals surface area contributed by atoms with Crippen molar-refractivity contribution in [2.45, 2.75) is 57.1 Å². The van der Waals surface area contributed by atoms with E-state index in [0.717, 1.165) is 31.7 Å². The summed E-state index contributed by atoms with van der Waals surface area (Å²) >= 11 is 0. The van der Waals surface area contributed by atoms with Gasteiger partial charge in [0.15, 0.2) is 0 Å². The number of ether oxygens (including phenoxy) is 1. The first-order valence-corrected chi connectivity index (χ1v) is 7.98. The van der Waals surface area contributed by atoms with Crippen molar-refractivity contribution in [2.75, 3.05) is 32.8 Å². The van der Waals surface area contributed by atoms with Crippen molar-refractivity contribution in [3.05, 3.63) is 0 Å². The van der Waals surface area contributed by atoms with Gasteiger partial charge in [-0.25, -0.2) is 0 Å². The average Bonchev–Trinajstić information content (AvgIpc) is 2.37. The van der Waals surface area contributed by atoms with E-state index < -0.39 is 0 Å². The fraction of sp³-hybridized carbons (Fsp3) is 1.00. The van der Waals surface area contributed by atoms with E-state index in [1.807, 2.05) is 0 Å². The van der Waals surface area contributed by atoms with E-state index in [1.165, 1.54) is 58.0 Å². The van der Waals surface area contributed by atoms with Crippen LogP contribution in [0.1, 0.15) is 44.9 Å². The first-order valence-electron chi connectivity index (χ1n) is 7.98. The summed E-state index contributed by atoms with van der Waals surface area (Å²) < 4.78 is 5.78. The maximum atomic E-state index is 5.78. The van der Waals surface area contributed by atoms with Crippen LogP contribution in [-0.4, -0.2) is 49.8 Å². The van der Waals surface area contributed by atoms with Gasteiger partial charge in [-0.3, -0.25) is 0 Å². The van der Waals surface area contributed by atoms with Gasteiger partial charge >= 0.3 is 0 Å². The van der Waals surface area contributed by atoms with Gasteiger partial charge in [0.05, 0.1) is 12.7 Å². The Morgan fingerprint density at radius 3 is 2.50 bits per heavy atom. The lowest BCUT2D eigenvalue weighted by atomic mass is 9.86. The van der Waals surface area contributed by atoms with Crippen LogP contribution >= 0.6 is 0 Å². The molecule has 3 heteroatoms. The number of rotatable bonds is 4.